The van der Waals surface area contributed by atoms with Crippen LogP contribution >= 0.6 is 23.1 Å². The van der Waals surface area contributed by atoms with Crippen LogP contribution in [0, 0.1) is 5.92 Å². The highest BCUT2D eigenvalue weighted by Gasteiger charge is 2.23. The van der Waals surface area contributed by atoms with E-state index in [1.165, 1.54) is 28.6 Å². The Morgan fingerprint density at radius 3 is 3.12 bits per heavy atom. The molecular weight excluding hydrogens is 344 g/mol. The van der Waals surface area contributed by atoms with Crippen molar-refractivity contribution in [1.29, 1.82) is 0 Å². The number of amides is 1. The van der Waals surface area contributed by atoms with Crippen LogP contribution < -0.4 is 11.1 Å². The van der Waals surface area contributed by atoms with E-state index < -0.39 is 0 Å². The van der Waals surface area contributed by atoms with Crippen molar-refractivity contribution in [3.05, 3.63) is 10.4 Å². The minimum absolute atomic E-state index is 0.0568. The van der Waals surface area contributed by atoms with E-state index in [-0.39, 0.29) is 11.7 Å². The molecule has 2 heterocycles. The third-order valence-corrected chi connectivity index (χ3v) is 6.12. The molecule has 0 bridgehead atoms. The maximum atomic E-state index is 11.8. The van der Waals surface area contributed by atoms with E-state index in [0.29, 0.717) is 30.0 Å². The van der Waals surface area contributed by atoms with Gasteiger partial charge in [-0.3, -0.25) is 4.79 Å². The second-order valence-corrected chi connectivity index (χ2v) is 8.08. The lowest BCUT2D eigenvalue weighted by Gasteiger charge is -2.17. The van der Waals surface area contributed by atoms with Crippen molar-refractivity contribution < 1.29 is 9.53 Å². The standard InChI is InChI=1S/C16H22N4O2S2/c1-9-3-4-10-11(7-9)24-15-13(10)14(17)19-16(20-15)23-8-12(21)18-5-6-22-2/h9H,3-8H2,1-2H3,(H,18,21)(H2,17,19,20). The van der Waals surface area contributed by atoms with Crippen molar-refractivity contribution >= 4 is 45.0 Å². The van der Waals surface area contributed by atoms with Gasteiger partial charge in [-0.15, -0.1) is 11.3 Å². The largest absolute Gasteiger partial charge is 0.383 e. The van der Waals surface area contributed by atoms with Gasteiger partial charge in [-0.25, -0.2) is 9.97 Å². The SMILES string of the molecule is COCCNC(=O)CSc1nc(N)c2c3c(sc2n1)CC(C)CC3. The Morgan fingerprint density at radius 1 is 1.50 bits per heavy atom. The number of nitrogens with one attached hydrogen (secondary N) is 1. The molecule has 6 nitrogen and oxygen atoms in total. The molecule has 0 radical (unpaired) electrons. The molecule has 0 spiro atoms. The molecule has 3 rings (SSSR count). The number of aryl methyl sites for hydroxylation is 1. The van der Waals surface area contributed by atoms with Crippen LogP contribution in [-0.4, -0.2) is 41.9 Å². The lowest BCUT2D eigenvalue weighted by Crippen LogP contribution is -2.28. The Bertz CT molecular complexity index is 747. The molecule has 1 aliphatic rings. The Hall–Kier alpha value is -1.38. The molecule has 2 aromatic rings. The molecule has 0 saturated heterocycles. The molecule has 0 fully saturated rings. The van der Waals surface area contributed by atoms with Gasteiger partial charge in [0.25, 0.3) is 0 Å². The first-order valence-electron chi connectivity index (χ1n) is 8.04. The van der Waals surface area contributed by atoms with Crippen molar-refractivity contribution in [3.63, 3.8) is 0 Å². The fraction of sp³-hybridized carbons (Fsp3) is 0.562. The van der Waals surface area contributed by atoms with Crippen LogP contribution in [-0.2, 0) is 22.4 Å². The lowest BCUT2D eigenvalue weighted by atomic mass is 9.89. The Labute approximate surface area is 149 Å². The summed E-state index contributed by atoms with van der Waals surface area (Å²) in [5, 5.41) is 4.37. The molecule has 130 valence electrons. The monoisotopic (exact) mass is 366 g/mol. The number of carbonyl (C=O) groups excluding carboxylic acids is 1. The number of methoxy groups -OCH3 is 1. The van der Waals surface area contributed by atoms with Crippen LogP contribution in [0.1, 0.15) is 23.8 Å². The molecule has 0 saturated carbocycles. The number of rotatable bonds is 6. The zero-order valence-corrected chi connectivity index (χ0v) is 15.6. The third kappa shape index (κ3) is 3.81. The average molecular weight is 367 g/mol. The second kappa shape index (κ2) is 7.67. The van der Waals surface area contributed by atoms with E-state index in [2.05, 4.69) is 22.2 Å². The van der Waals surface area contributed by atoms with Gasteiger partial charge in [0.2, 0.25) is 5.91 Å². The molecule has 1 atom stereocenters. The van der Waals surface area contributed by atoms with Gasteiger partial charge in [0, 0.05) is 18.5 Å². The molecule has 2 aromatic heterocycles. The molecule has 1 unspecified atom stereocenters. The van der Waals surface area contributed by atoms with Crippen molar-refractivity contribution in [2.24, 2.45) is 5.92 Å². The highest BCUT2D eigenvalue weighted by Crippen LogP contribution is 2.39. The number of nitrogens with two attached hydrogens (primary N) is 1. The first-order chi connectivity index (χ1) is 11.6. The van der Waals surface area contributed by atoms with Crippen LogP contribution in [0.15, 0.2) is 5.16 Å². The van der Waals surface area contributed by atoms with Crippen LogP contribution in [0.25, 0.3) is 10.2 Å². The van der Waals surface area contributed by atoms with Gasteiger partial charge in [-0.05, 0) is 30.7 Å². The summed E-state index contributed by atoms with van der Waals surface area (Å²) in [5.41, 5.74) is 7.52. The molecule has 3 N–H and O–H groups in total. The predicted octanol–water partition coefficient (Wildman–Crippen LogP) is 2.25. The number of hydrogen-bond acceptors (Lipinski definition) is 7. The fourth-order valence-corrected chi connectivity index (χ4v) is 5.02. The minimum Gasteiger partial charge on any atom is -0.383 e. The van der Waals surface area contributed by atoms with Crippen molar-refractivity contribution in [2.45, 2.75) is 31.3 Å². The smallest absolute Gasteiger partial charge is 0.230 e. The van der Waals surface area contributed by atoms with E-state index in [4.69, 9.17) is 10.5 Å². The van der Waals surface area contributed by atoms with Crippen molar-refractivity contribution in [2.75, 3.05) is 31.7 Å². The molecule has 0 aromatic carbocycles. The number of aromatic nitrogens is 2. The molecule has 1 aliphatic carbocycles. The summed E-state index contributed by atoms with van der Waals surface area (Å²) in [6.07, 6.45) is 3.34. The summed E-state index contributed by atoms with van der Waals surface area (Å²) in [4.78, 5) is 23.1. The normalized spacial score (nSPS) is 17.0. The van der Waals surface area contributed by atoms with E-state index in [9.17, 15) is 4.79 Å². The van der Waals surface area contributed by atoms with Crippen LogP contribution in [0.4, 0.5) is 5.82 Å². The Kier molecular flexibility index (Phi) is 5.57. The first kappa shape index (κ1) is 17.4. The number of nitrogen functional groups attached to an aromatic ring is 1. The van der Waals surface area contributed by atoms with Crippen LogP contribution in [0.2, 0.25) is 0 Å². The summed E-state index contributed by atoms with van der Waals surface area (Å²) < 4.78 is 4.90. The number of carbonyl (C=O) groups is 1. The number of nitrogens with zero attached hydrogens (tertiary/aromatic N) is 2. The van der Waals surface area contributed by atoms with Gasteiger partial charge in [-0.2, -0.15) is 0 Å². The minimum atomic E-state index is -0.0568. The lowest BCUT2D eigenvalue weighted by molar-refractivity contribution is -0.118. The highest BCUT2D eigenvalue weighted by atomic mass is 32.2. The van der Waals surface area contributed by atoms with Gasteiger partial charge < -0.3 is 15.8 Å². The maximum Gasteiger partial charge on any atom is 0.230 e. The molecule has 0 aliphatic heterocycles. The zero-order valence-electron chi connectivity index (χ0n) is 13.9. The summed E-state index contributed by atoms with van der Waals surface area (Å²) in [6, 6.07) is 0. The molecule has 24 heavy (non-hydrogen) atoms. The summed E-state index contributed by atoms with van der Waals surface area (Å²) in [6.45, 7) is 3.30. The summed E-state index contributed by atoms with van der Waals surface area (Å²) in [5.74, 6) is 1.47. The molecule has 8 heteroatoms. The Balaban J connectivity index is 1.73. The predicted molar refractivity (Wildman–Crippen MR) is 98.6 cm³/mol. The van der Waals surface area contributed by atoms with Crippen molar-refractivity contribution in [1.82, 2.24) is 15.3 Å². The van der Waals surface area contributed by atoms with Gasteiger partial charge in [0.1, 0.15) is 10.6 Å². The second-order valence-electron chi connectivity index (χ2n) is 6.05. The van der Waals surface area contributed by atoms with Crippen molar-refractivity contribution in [3.8, 4) is 0 Å². The molecule has 1 amide bonds. The van der Waals surface area contributed by atoms with Gasteiger partial charge in [-0.1, -0.05) is 18.7 Å². The number of anilines is 1. The third-order valence-electron chi connectivity index (χ3n) is 4.12. The van der Waals surface area contributed by atoms with E-state index in [0.717, 1.165) is 23.1 Å². The average Bonchev–Trinajstić information content (AvgIpc) is 2.90. The van der Waals surface area contributed by atoms with Gasteiger partial charge in [0.15, 0.2) is 5.16 Å². The highest BCUT2D eigenvalue weighted by molar-refractivity contribution is 7.99. The quantitative estimate of drug-likeness (QED) is 0.463. The van der Waals surface area contributed by atoms with E-state index in [1.807, 2.05) is 0 Å². The number of fused-ring (bicyclic) bond motifs is 3. The maximum absolute atomic E-state index is 11.8. The molecular formula is C16H22N4O2S2. The zero-order chi connectivity index (χ0) is 17.1. The summed E-state index contributed by atoms with van der Waals surface area (Å²) >= 11 is 3.04. The van der Waals surface area contributed by atoms with Gasteiger partial charge >= 0.3 is 0 Å². The topological polar surface area (TPSA) is 90.1 Å². The number of hydrogen-bond donors (Lipinski definition) is 2. The summed E-state index contributed by atoms with van der Waals surface area (Å²) in [7, 11) is 1.61. The number of thiophene rings is 1. The fourth-order valence-electron chi connectivity index (χ4n) is 2.89. The number of thioether (sulfide) groups is 1. The van der Waals surface area contributed by atoms with E-state index in [1.54, 1.807) is 18.4 Å². The first-order valence-corrected chi connectivity index (χ1v) is 9.85. The number of ether oxygens (including phenoxy) is 1. The Morgan fingerprint density at radius 2 is 2.33 bits per heavy atom. The van der Waals surface area contributed by atoms with Gasteiger partial charge in [0.05, 0.1) is 17.7 Å². The van der Waals surface area contributed by atoms with Crippen LogP contribution in [0.3, 0.4) is 0 Å². The van der Waals surface area contributed by atoms with E-state index >= 15 is 0 Å². The van der Waals surface area contributed by atoms with Crippen LogP contribution in [0.5, 0.6) is 0 Å².